The standard InChI is InChI=1S/C25H25NO3/c1-4-26-21-12-8-7-10-18(21)20(25(26)27)16-17-14-15-22(28-5-2)19-11-9-13-23(24(17)19)29-6-3/h7-16H,4-6H2,1-3H3/b20-16-. The Morgan fingerprint density at radius 3 is 2.38 bits per heavy atom. The molecule has 148 valence electrons. The van der Waals surface area contributed by atoms with Crippen LogP contribution < -0.4 is 14.4 Å². The maximum absolute atomic E-state index is 13.1. The first-order chi connectivity index (χ1) is 14.2. The van der Waals surface area contributed by atoms with E-state index in [2.05, 4.69) is 0 Å². The summed E-state index contributed by atoms with van der Waals surface area (Å²) < 4.78 is 11.8. The number of benzene rings is 3. The molecule has 3 aromatic carbocycles. The molecule has 1 aliphatic heterocycles. The summed E-state index contributed by atoms with van der Waals surface area (Å²) in [7, 11) is 0. The lowest BCUT2D eigenvalue weighted by atomic mass is 9.98. The Bertz CT molecular complexity index is 1100. The Hall–Kier alpha value is -3.27. The fourth-order valence-electron chi connectivity index (χ4n) is 3.97. The number of para-hydroxylation sites is 1. The van der Waals surface area contributed by atoms with E-state index in [9.17, 15) is 4.79 Å². The van der Waals surface area contributed by atoms with Gasteiger partial charge in [-0.2, -0.15) is 0 Å². The van der Waals surface area contributed by atoms with E-state index in [1.165, 1.54) is 0 Å². The van der Waals surface area contributed by atoms with Crippen LogP contribution in [0.1, 0.15) is 31.9 Å². The van der Waals surface area contributed by atoms with Gasteiger partial charge >= 0.3 is 0 Å². The monoisotopic (exact) mass is 387 g/mol. The fourth-order valence-corrected chi connectivity index (χ4v) is 3.97. The van der Waals surface area contributed by atoms with Gasteiger partial charge in [0.1, 0.15) is 11.5 Å². The van der Waals surface area contributed by atoms with E-state index in [-0.39, 0.29) is 5.91 Å². The number of amides is 1. The number of rotatable bonds is 6. The number of nitrogens with zero attached hydrogens (tertiary/aromatic N) is 1. The third kappa shape index (κ3) is 3.25. The minimum atomic E-state index is 0.0321. The van der Waals surface area contributed by atoms with Gasteiger partial charge in [0.15, 0.2) is 0 Å². The van der Waals surface area contributed by atoms with Gasteiger partial charge in [0, 0.05) is 28.5 Å². The summed E-state index contributed by atoms with van der Waals surface area (Å²) >= 11 is 0. The highest BCUT2D eigenvalue weighted by Crippen LogP contribution is 2.41. The highest BCUT2D eigenvalue weighted by molar-refractivity contribution is 6.36. The lowest BCUT2D eigenvalue weighted by molar-refractivity contribution is -0.112. The predicted molar refractivity (Wildman–Crippen MR) is 119 cm³/mol. The van der Waals surface area contributed by atoms with Crippen molar-refractivity contribution in [3.8, 4) is 11.5 Å². The molecule has 1 aliphatic rings. The van der Waals surface area contributed by atoms with Gasteiger partial charge in [-0.1, -0.05) is 36.4 Å². The van der Waals surface area contributed by atoms with Crippen molar-refractivity contribution in [1.29, 1.82) is 0 Å². The van der Waals surface area contributed by atoms with Crippen LogP contribution in [0.2, 0.25) is 0 Å². The Morgan fingerprint density at radius 1 is 0.862 bits per heavy atom. The second-order valence-electron chi connectivity index (χ2n) is 6.82. The number of anilines is 1. The second-order valence-corrected chi connectivity index (χ2v) is 6.82. The second kappa shape index (κ2) is 8.00. The molecule has 4 heteroatoms. The fraction of sp³-hybridized carbons (Fsp3) is 0.240. The molecular weight excluding hydrogens is 362 g/mol. The van der Waals surface area contributed by atoms with Crippen LogP contribution in [0.5, 0.6) is 11.5 Å². The normalized spacial score (nSPS) is 14.5. The van der Waals surface area contributed by atoms with Gasteiger partial charge < -0.3 is 14.4 Å². The summed E-state index contributed by atoms with van der Waals surface area (Å²) in [5.41, 5.74) is 3.59. The zero-order valence-electron chi connectivity index (χ0n) is 17.1. The minimum absolute atomic E-state index is 0.0321. The minimum Gasteiger partial charge on any atom is -0.493 e. The summed E-state index contributed by atoms with van der Waals surface area (Å²) in [6.07, 6.45) is 1.98. The average Bonchev–Trinajstić information content (AvgIpc) is 3.01. The van der Waals surface area contributed by atoms with Gasteiger partial charge in [-0.25, -0.2) is 0 Å². The van der Waals surface area contributed by atoms with E-state index in [0.717, 1.165) is 39.1 Å². The lowest BCUT2D eigenvalue weighted by Crippen LogP contribution is -2.25. The van der Waals surface area contributed by atoms with Crippen LogP contribution in [0, 0.1) is 0 Å². The summed E-state index contributed by atoms with van der Waals surface area (Å²) in [4.78, 5) is 14.9. The van der Waals surface area contributed by atoms with Gasteiger partial charge in [-0.05, 0) is 50.6 Å². The molecule has 0 spiro atoms. The molecule has 0 aliphatic carbocycles. The van der Waals surface area contributed by atoms with Crippen LogP contribution in [-0.2, 0) is 4.79 Å². The van der Waals surface area contributed by atoms with E-state index >= 15 is 0 Å². The van der Waals surface area contributed by atoms with Crippen LogP contribution >= 0.6 is 0 Å². The number of fused-ring (bicyclic) bond motifs is 2. The molecule has 0 radical (unpaired) electrons. The molecule has 0 bridgehead atoms. The quantitative estimate of drug-likeness (QED) is 0.521. The molecule has 1 amide bonds. The molecule has 0 fully saturated rings. The summed E-state index contributed by atoms with van der Waals surface area (Å²) in [5.74, 6) is 1.65. The Labute approximate surface area is 171 Å². The summed E-state index contributed by atoms with van der Waals surface area (Å²) in [6, 6.07) is 17.9. The lowest BCUT2D eigenvalue weighted by Gasteiger charge is -2.14. The number of ether oxygens (including phenoxy) is 2. The van der Waals surface area contributed by atoms with Gasteiger partial charge in [-0.15, -0.1) is 0 Å². The first kappa shape index (κ1) is 19.1. The predicted octanol–water partition coefficient (Wildman–Crippen LogP) is 5.54. The van der Waals surface area contributed by atoms with Crippen molar-refractivity contribution in [2.75, 3.05) is 24.7 Å². The molecule has 4 rings (SSSR count). The molecule has 3 aromatic rings. The number of carbonyl (C=O) groups excluding carboxylic acids is 1. The van der Waals surface area contributed by atoms with E-state index in [1.54, 1.807) is 0 Å². The Balaban J connectivity index is 1.95. The molecule has 4 nitrogen and oxygen atoms in total. The molecule has 0 aromatic heterocycles. The van der Waals surface area contributed by atoms with Crippen LogP contribution in [0.25, 0.3) is 22.4 Å². The molecule has 0 saturated heterocycles. The van der Waals surface area contributed by atoms with Crippen molar-refractivity contribution in [2.45, 2.75) is 20.8 Å². The largest absolute Gasteiger partial charge is 0.493 e. The first-order valence-electron chi connectivity index (χ1n) is 10.1. The number of hydrogen-bond acceptors (Lipinski definition) is 3. The van der Waals surface area contributed by atoms with Crippen molar-refractivity contribution >= 4 is 34.0 Å². The SMILES string of the molecule is CCOc1ccc(/C=C2\C(=O)N(CC)c3ccccc32)c2c(OCC)cccc12. The van der Waals surface area contributed by atoms with Gasteiger partial charge in [0.05, 0.1) is 18.9 Å². The van der Waals surface area contributed by atoms with E-state index < -0.39 is 0 Å². The van der Waals surface area contributed by atoms with Crippen molar-refractivity contribution in [1.82, 2.24) is 0 Å². The number of likely N-dealkylation sites (N-methyl/N-ethyl adjacent to an activating group) is 1. The van der Waals surface area contributed by atoms with Crippen molar-refractivity contribution in [3.63, 3.8) is 0 Å². The Kier molecular flexibility index (Phi) is 5.26. The van der Waals surface area contributed by atoms with E-state index in [4.69, 9.17) is 9.47 Å². The van der Waals surface area contributed by atoms with Crippen LogP contribution in [-0.4, -0.2) is 25.7 Å². The average molecular weight is 387 g/mol. The number of hydrogen-bond donors (Lipinski definition) is 0. The van der Waals surface area contributed by atoms with Crippen LogP contribution in [0.4, 0.5) is 5.69 Å². The smallest absolute Gasteiger partial charge is 0.258 e. The van der Waals surface area contributed by atoms with Gasteiger partial charge in [0.25, 0.3) is 5.91 Å². The third-order valence-electron chi connectivity index (χ3n) is 5.17. The molecule has 0 N–H and O–H groups in total. The van der Waals surface area contributed by atoms with Crippen molar-refractivity contribution in [2.24, 2.45) is 0 Å². The zero-order valence-corrected chi connectivity index (χ0v) is 17.1. The third-order valence-corrected chi connectivity index (χ3v) is 5.17. The van der Waals surface area contributed by atoms with E-state index in [0.29, 0.717) is 25.3 Å². The van der Waals surface area contributed by atoms with E-state index in [1.807, 2.05) is 86.3 Å². The zero-order chi connectivity index (χ0) is 20.4. The summed E-state index contributed by atoms with van der Waals surface area (Å²) in [5, 5.41) is 1.95. The number of carbonyl (C=O) groups is 1. The first-order valence-corrected chi connectivity index (χ1v) is 10.1. The maximum atomic E-state index is 13.1. The topological polar surface area (TPSA) is 38.8 Å². The molecule has 0 unspecified atom stereocenters. The summed E-state index contributed by atoms with van der Waals surface area (Å²) in [6.45, 7) is 7.74. The van der Waals surface area contributed by atoms with Gasteiger partial charge in [0.2, 0.25) is 0 Å². The Morgan fingerprint density at radius 2 is 1.62 bits per heavy atom. The maximum Gasteiger partial charge on any atom is 0.258 e. The van der Waals surface area contributed by atoms with Gasteiger partial charge in [-0.3, -0.25) is 4.79 Å². The molecule has 0 atom stereocenters. The van der Waals surface area contributed by atoms with Crippen LogP contribution in [0.3, 0.4) is 0 Å². The van der Waals surface area contributed by atoms with Crippen molar-refractivity contribution in [3.05, 3.63) is 65.7 Å². The highest BCUT2D eigenvalue weighted by atomic mass is 16.5. The highest BCUT2D eigenvalue weighted by Gasteiger charge is 2.31. The van der Waals surface area contributed by atoms with Crippen LogP contribution in [0.15, 0.2) is 54.6 Å². The molecule has 1 heterocycles. The molecular formula is C25H25NO3. The molecule has 0 saturated carbocycles. The molecule has 29 heavy (non-hydrogen) atoms. The van der Waals surface area contributed by atoms with Crippen molar-refractivity contribution < 1.29 is 14.3 Å².